The summed E-state index contributed by atoms with van der Waals surface area (Å²) in [5.74, 6) is 0. The zero-order valence-electron chi connectivity index (χ0n) is 10.1. The van der Waals surface area contributed by atoms with Crippen LogP contribution in [0.2, 0.25) is 5.02 Å². The minimum atomic E-state index is -0.429. The molecule has 0 aliphatic rings. The summed E-state index contributed by atoms with van der Waals surface area (Å²) >= 11 is 5.93. The number of carbonyl (C=O) groups is 1. The van der Waals surface area contributed by atoms with Crippen molar-refractivity contribution in [1.82, 2.24) is 9.97 Å². The molecule has 0 radical (unpaired) electrons. The standard InChI is InChI=1S/C12H11ClN4O2/c1-19-12-14-6-8(7-15-12)16-11(18)17-10-5-3-2-4-9(10)13/h2-7H,1H3,(H2,16,17,18). The third kappa shape index (κ3) is 3.56. The number of hydrogen-bond donors (Lipinski definition) is 2. The molecule has 0 saturated carbocycles. The lowest BCUT2D eigenvalue weighted by Gasteiger charge is -2.08. The molecule has 1 heterocycles. The number of amides is 2. The van der Waals surface area contributed by atoms with Crippen LogP contribution in [0.5, 0.6) is 6.01 Å². The van der Waals surface area contributed by atoms with Gasteiger partial charge < -0.3 is 15.4 Å². The molecule has 0 spiro atoms. The van der Waals surface area contributed by atoms with Crippen molar-refractivity contribution in [3.63, 3.8) is 0 Å². The van der Waals surface area contributed by atoms with Crippen molar-refractivity contribution in [3.05, 3.63) is 41.7 Å². The molecule has 1 aromatic carbocycles. The van der Waals surface area contributed by atoms with E-state index in [-0.39, 0.29) is 6.01 Å². The van der Waals surface area contributed by atoms with Crippen LogP contribution in [0.15, 0.2) is 36.7 Å². The van der Waals surface area contributed by atoms with Crippen molar-refractivity contribution < 1.29 is 9.53 Å². The molecule has 0 fully saturated rings. The first-order chi connectivity index (χ1) is 9.19. The number of para-hydroxylation sites is 1. The molecular formula is C12H11ClN4O2. The normalized spacial score (nSPS) is 9.79. The van der Waals surface area contributed by atoms with Gasteiger partial charge in [0.2, 0.25) is 0 Å². The van der Waals surface area contributed by atoms with E-state index < -0.39 is 6.03 Å². The van der Waals surface area contributed by atoms with Gasteiger partial charge in [0.05, 0.1) is 35.9 Å². The van der Waals surface area contributed by atoms with Gasteiger partial charge in [-0.15, -0.1) is 0 Å². The van der Waals surface area contributed by atoms with Crippen molar-refractivity contribution in [2.24, 2.45) is 0 Å². The van der Waals surface area contributed by atoms with Gasteiger partial charge in [0, 0.05) is 0 Å². The van der Waals surface area contributed by atoms with E-state index in [2.05, 4.69) is 20.6 Å². The molecule has 0 saturated heterocycles. The maximum Gasteiger partial charge on any atom is 0.323 e. The molecule has 0 aliphatic heterocycles. The molecule has 7 heteroatoms. The van der Waals surface area contributed by atoms with Crippen LogP contribution in [0.4, 0.5) is 16.2 Å². The number of benzene rings is 1. The van der Waals surface area contributed by atoms with Crippen LogP contribution in [0, 0.1) is 0 Å². The first kappa shape index (κ1) is 13.1. The Morgan fingerprint density at radius 2 is 1.89 bits per heavy atom. The number of carbonyl (C=O) groups excluding carboxylic acids is 1. The Labute approximate surface area is 114 Å². The highest BCUT2D eigenvalue weighted by Gasteiger charge is 2.06. The SMILES string of the molecule is COc1ncc(NC(=O)Nc2ccccc2Cl)cn1. The molecule has 2 aromatic rings. The summed E-state index contributed by atoms with van der Waals surface area (Å²) in [5, 5.41) is 5.66. The summed E-state index contributed by atoms with van der Waals surface area (Å²) in [6.07, 6.45) is 2.88. The van der Waals surface area contributed by atoms with Crippen LogP contribution in [0.1, 0.15) is 0 Å². The molecular weight excluding hydrogens is 268 g/mol. The number of aromatic nitrogens is 2. The molecule has 2 rings (SSSR count). The number of nitrogens with one attached hydrogen (secondary N) is 2. The fourth-order valence-corrected chi connectivity index (χ4v) is 1.52. The molecule has 19 heavy (non-hydrogen) atoms. The zero-order valence-corrected chi connectivity index (χ0v) is 10.8. The summed E-state index contributed by atoms with van der Waals surface area (Å²) in [4.78, 5) is 19.5. The van der Waals surface area contributed by atoms with Crippen LogP contribution >= 0.6 is 11.6 Å². The molecule has 1 aromatic heterocycles. The second kappa shape index (κ2) is 6.01. The average molecular weight is 279 g/mol. The summed E-state index contributed by atoms with van der Waals surface area (Å²) in [6.45, 7) is 0. The first-order valence-electron chi connectivity index (χ1n) is 5.37. The predicted octanol–water partition coefficient (Wildman–Crippen LogP) is 2.78. The average Bonchev–Trinajstić information content (AvgIpc) is 2.42. The molecule has 6 nitrogen and oxygen atoms in total. The maximum absolute atomic E-state index is 11.7. The van der Waals surface area contributed by atoms with Gasteiger partial charge in [0.1, 0.15) is 0 Å². The van der Waals surface area contributed by atoms with Crippen LogP contribution in [-0.4, -0.2) is 23.1 Å². The fraction of sp³-hybridized carbons (Fsp3) is 0.0833. The lowest BCUT2D eigenvalue weighted by atomic mass is 10.3. The van der Waals surface area contributed by atoms with Gasteiger partial charge in [0.25, 0.3) is 0 Å². The number of urea groups is 1. The molecule has 0 unspecified atom stereocenters. The lowest BCUT2D eigenvalue weighted by Crippen LogP contribution is -2.19. The number of halogens is 1. The van der Waals surface area contributed by atoms with Crippen molar-refractivity contribution in [2.75, 3.05) is 17.7 Å². The first-order valence-corrected chi connectivity index (χ1v) is 5.75. The fourth-order valence-electron chi connectivity index (χ4n) is 1.33. The number of ether oxygens (including phenoxy) is 1. The summed E-state index contributed by atoms with van der Waals surface area (Å²) in [5.41, 5.74) is 0.974. The minimum absolute atomic E-state index is 0.233. The Kier molecular flexibility index (Phi) is 4.15. The highest BCUT2D eigenvalue weighted by atomic mass is 35.5. The third-order valence-electron chi connectivity index (χ3n) is 2.19. The second-order valence-corrected chi connectivity index (χ2v) is 3.92. The van der Waals surface area contributed by atoms with Gasteiger partial charge in [0.15, 0.2) is 0 Å². The van der Waals surface area contributed by atoms with Crippen molar-refractivity contribution in [1.29, 1.82) is 0 Å². The van der Waals surface area contributed by atoms with Crippen molar-refractivity contribution in [2.45, 2.75) is 0 Å². The van der Waals surface area contributed by atoms with E-state index in [1.54, 1.807) is 24.3 Å². The van der Waals surface area contributed by atoms with Crippen LogP contribution < -0.4 is 15.4 Å². The minimum Gasteiger partial charge on any atom is -0.467 e. The highest BCUT2D eigenvalue weighted by molar-refractivity contribution is 6.33. The second-order valence-electron chi connectivity index (χ2n) is 3.52. The molecule has 0 atom stereocenters. The van der Waals surface area contributed by atoms with E-state index in [1.165, 1.54) is 19.5 Å². The van der Waals surface area contributed by atoms with E-state index in [0.717, 1.165) is 0 Å². The zero-order chi connectivity index (χ0) is 13.7. The number of methoxy groups -OCH3 is 1. The van der Waals surface area contributed by atoms with Gasteiger partial charge in [-0.1, -0.05) is 23.7 Å². The number of nitrogens with zero attached hydrogens (tertiary/aromatic N) is 2. The third-order valence-corrected chi connectivity index (χ3v) is 2.52. The van der Waals surface area contributed by atoms with Crippen molar-refractivity contribution >= 4 is 29.0 Å². The maximum atomic E-state index is 11.7. The Morgan fingerprint density at radius 1 is 1.21 bits per heavy atom. The van der Waals surface area contributed by atoms with Crippen LogP contribution in [0.25, 0.3) is 0 Å². The highest BCUT2D eigenvalue weighted by Crippen LogP contribution is 2.20. The predicted molar refractivity (Wildman–Crippen MR) is 72.7 cm³/mol. The van der Waals surface area contributed by atoms with Gasteiger partial charge in [-0.25, -0.2) is 14.8 Å². The molecule has 0 bridgehead atoms. The van der Waals surface area contributed by atoms with E-state index >= 15 is 0 Å². The van der Waals surface area contributed by atoms with E-state index in [9.17, 15) is 4.79 Å². The Bertz CT molecular complexity index is 574. The Balaban J connectivity index is 1.99. The number of rotatable bonds is 3. The van der Waals surface area contributed by atoms with E-state index in [1.807, 2.05) is 0 Å². The Morgan fingerprint density at radius 3 is 2.53 bits per heavy atom. The molecule has 2 amide bonds. The largest absolute Gasteiger partial charge is 0.467 e. The van der Waals surface area contributed by atoms with Crippen LogP contribution in [0.3, 0.4) is 0 Å². The smallest absolute Gasteiger partial charge is 0.323 e. The van der Waals surface area contributed by atoms with E-state index in [0.29, 0.717) is 16.4 Å². The Hall–Kier alpha value is -2.34. The van der Waals surface area contributed by atoms with Gasteiger partial charge in [-0.3, -0.25) is 0 Å². The van der Waals surface area contributed by atoms with Crippen molar-refractivity contribution in [3.8, 4) is 6.01 Å². The van der Waals surface area contributed by atoms with Gasteiger partial charge in [-0.2, -0.15) is 0 Å². The number of anilines is 2. The molecule has 2 N–H and O–H groups in total. The molecule has 0 aliphatic carbocycles. The lowest BCUT2D eigenvalue weighted by molar-refractivity contribution is 0.262. The summed E-state index contributed by atoms with van der Waals surface area (Å²) < 4.78 is 4.82. The topological polar surface area (TPSA) is 76.1 Å². The van der Waals surface area contributed by atoms with Gasteiger partial charge in [-0.05, 0) is 12.1 Å². The van der Waals surface area contributed by atoms with Crippen LogP contribution in [-0.2, 0) is 0 Å². The quantitative estimate of drug-likeness (QED) is 0.905. The monoisotopic (exact) mass is 278 g/mol. The summed E-state index contributed by atoms with van der Waals surface area (Å²) in [7, 11) is 1.46. The van der Waals surface area contributed by atoms with Gasteiger partial charge >= 0.3 is 12.0 Å². The van der Waals surface area contributed by atoms with E-state index in [4.69, 9.17) is 16.3 Å². The summed E-state index contributed by atoms with van der Waals surface area (Å²) in [6, 6.07) is 6.75. The molecule has 98 valence electrons. The number of hydrogen-bond acceptors (Lipinski definition) is 4.